The van der Waals surface area contributed by atoms with Crippen LogP contribution in [0.25, 0.3) is 0 Å². The Morgan fingerprint density at radius 1 is 1.23 bits per heavy atom. The summed E-state index contributed by atoms with van der Waals surface area (Å²) in [5, 5.41) is 3.22. The summed E-state index contributed by atoms with van der Waals surface area (Å²) in [5.41, 5.74) is 0.832. The highest BCUT2D eigenvalue weighted by atomic mass is 32.2. The van der Waals surface area contributed by atoms with Crippen molar-refractivity contribution in [3.05, 3.63) is 24.3 Å². The minimum absolute atomic E-state index is 0.0870. The predicted molar refractivity (Wildman–Crippen MR) is 86.9 cm³/mol. The van der Waals surface area contributed by atoms with Crippen LogP contribution in [-0.4, -0.2) is 64.7 Å². The highest BCUT2D eigenvalue weighted by Gasteiger charge is 2.18. The van der Waals surface area contributed by atoms with Gasteiger partial charge in [-0.1, -0.05) is 6.92 Å². The normalized spacial score (nSPS) is 15.6. The summed E-state index contributed by atoms with van der Waals surface area (Å²) in [6.07, 6.45) is 0. The minimum atomic E-state index is -3.18. The second-order valence-corrected chi connectivity index (χ2v) is 7.66. The molecule has 122 valence electrons. The number of amides is 1. The largest absolute Gasteiger partial charge is 0.365 e. The van der Waals surface area contributed by atoms with Crippen molar-refractivity contribution < 1.29 is 13.2 Å². The number of piperazine rings is 1. The molecule has 22 heavy (non-hydrogen) atoms. The van der Waals surface area contributed by atoms with Crippen molar-refractivity contribution in [2.75, 3.05) is 50.4 Å². The lowest BCUT2D eigenvalue weighted by Gasteiger charge is -2.29. The zero-order valence-corrected chi connectivity index (χ0v) is 13.9. The lowest BCUT2D eigenvalue weighted by molar-refractivity contribution is -0.130. The number of anilines is 1. The van der Waals surface area contributed by atoms with E-state index in [0.29, 0.717) is 11.4 Å². The van der Waals surface area contributed by atoms with Crippen LogP contribution in [0.2, 0.25) is 0 Å². The molecule has 6 nitrogen and oxygen atoms in total. The van der Waals surface area contributed by atoms with E-state index < -0.39 is 9.84 Å². The Morgan fingerprint density at radius 2 is 1.82 bits per heavy atom. The van der Waals surface area contributed by atoms with Gasteiger partial charge in [-0.25, -0.2) is 8.42 Å². The van der Waals surface area contributed by atoms with Gasteiger partial charge in [-0.3, -0.25) is 4.79 Å². The zero-order valence-electron chi connectivity index (χ0n) is 13.1. The van der Waals surface area contributed by atoms with Gasteiger partial charge in [0.1, 0.15) is 0 Å². The number of likely N-dealkylation sites (N-methyl/N-ethyl adjacent to an activating group) is 1. The molecule has 0 radical (unpaired) electrons. The SMILES string of the molecule is CCS(=O)(=O)c1ccc(N(C)CC(=O)N2CCNCC2)cc1. The van der Waals surface area contributed by atoms with Gasteiger partial charge < -0.3 is 15.1 Å². The molecule has 7 heteroatoms. The molecule has 0 bridgehead atoms. The van der Waals surface area contributed by atoms with Gasteiger partial charge in [-0.05, 0) is 24.3 Å². The third kappa shape index (κ3) is 3.98. The fourth-order valence-corrected chi connectivity index (χ4v) is 3.27. The highest BCUT2D eigenvalue weighted by Crippen LogP contribution is 2.18. The van der Waals surface area contributed by atoms with Crippen LogP contribution in [-0.2, 0) is 14.6 Å². The first-order valence-electron chi connectivity index (χ1n) is 7.46. The molecular weight excluding hydrogens is 302 g/mol. The van der Waals surface area contributed by atoms with E-state index in [1.807, 2.05) is 16.8 Å². The predicted octanol–water partition coefficient (Wildman–Crippen LogP) is 0.348. The van der Waals surface area contributed by atoms with Crippen LogP contribution in [0.3, 0.4) is 0 Å². The first kappa shape index (κ1) is 16.8. The van der Waals surface area contributed by atoms with Crippen molar-refractivity contribution in [3.8, 4) is 0 Å². The molecule has 0 saturated carbocycles. The summed E-state index contributed by atoms with van der Waals surface area (Å²) in [4.78, 5) is 16.2. The third-order valence-electron chi connectivity index (χ3n) is 3.86. The molecule has 1 aliphatic heterocycles. The smallest absolute Gasteiger partial charge is 0.242 e. The average molecular weight is 325 g/mol. The van der Waals surface area contributed by atoms with Crippen molar-refractivity contribution in [1.29, 1.82) is 0 Å². The van der Waals surface area contributed by atoms with Gasteiger partial charge in [-0.2, -0.15) is 0 Å². The number of carbonyl (C=O) groups excluding carboxylic acids is 1. The summed E-state index contributed by atoms with van der Waals surface area (Å²) in [7, 11) is -1.34. The lowest BCUT2D eigenvalue weighted by atomic mass is 10.3. The van der Waals surface area contributed by atoms with Gasteiger partial charge in [0.25, 0.3) is 0 Å². The van der Waals surface area contributed by atoms with Crippen molar-refractivity contribution in [1.82, 2.24) is 10.2 Å². The van der Waals surface area contributed by atoms with Crippen LogP contribution in [0, 0.1) is 0 Å². The molecule has 0 spiro atoms. The topological polar surface area (TPSA) is 69.7 Å². The molecule has 0 unspecified atom stereocenters. The fourth-order valence-electron chi connectivity index (χ4n) is 2.38. The molecule has 1 heterocycles. The lowest BCUT2D eigenvalue weighted by Crippen LogP contribution is -2.49. The van der Waals surface area contributed by atoms with Crippen molar-refractivity contribution in [2.24, 2.45) is 0 Å². The Morgan fingerprint density at radius 3 is 2.36 bits per heavy atom. The zero-order chi connectivity index (χ0) is 16.2. The van der Waals surface area contributed by atoms with E-state index in [4.69, 9.17) is 0 Å². The quantitative estimate of drug-likeness (QED) is 0.846. The molecule has 0 aliphatic carbocycles. The first-order chi connectivity index (χ1) is 10.4. The number of hydrogen-bond donors (Lipinski definition) is 1. The molecular formula is C15H23N3O3S. The molecule has 1 fully saturated rings. The highest BCUT2D eigenvalue weighted by molar-refractivity contribution is 7.91. The van der Waals surface area contributed by atoms with Crippen molar-refractivity contribution >= 4 is 21.4 Å². The third-order valence-corrected chi connectivity index (χ3v) is 5.61. The maximum atomic E-state index is 12.2. The Kier molecular flexibility index (Phi) is 5.42. The standard InChI is InChI=1S/C15H23N3O3S/c1-3-22(20,21)14-6-4-13(5-7-14)17(2)12-15(19)18-10-8-16-9-11-18/h4-7,16H,3,8-12H2,1-2H3. The molecule has 1 aromatic rings. The Labute approximate surface area is 132 Å². The van der Waals surface area contributed by atoms with E-state index in [1.54, 1.807) is 31.2 Å². The molecule has 2 rings (SSSR count). The first-order valence-corrected chi connectivity index (χ1v) is 9.11. The second-order valence-electron chi connectivity index (χ2n) is 5.38. The van der Waals surface area contributed by atoms with Crippen LogP contribution in [0.5, 0.6) is 0 Å². The molecule has 1 N–H and O–H groups in total. The monoisotopic (exact) mass is 325 g/mol. The minimum Gasteiger partial charge on any atom is -0.365 e. The average Bonchev–Trinajstić information content (AvgIpc) is 2.55. The maximum Gasteiger partial charge on any atom is 0.242 e. The number of sulfone groups is 1. The second kappa shape index (κ2) is 7.11. The van der Waals surface area contributed by atoms with Crippen molar-refractivity contribution in [3.63, 3.8) is 0 Å². The van der Waals surface area contributed by atoms with Crippen LogP contribution < -0.4 is 10.2 Å². The molecule has 1 amide bonds. The molecule has 1 saturated heterocycles. The van der Waals surface area contributed by atoms with Crippen LogP contribution in [0.15, 0.2) is 29.2 Å². The van der Waals surface area contributed by atoms with Gasteiger partial charge in [-0.15, -0.1) is 0 Å². The van der Waals surface area contributed by atoms with E-state index in [9.17, 15) is 13.2 Å². The summed E-state index contributed by atoms with van der Waals surface area (Å²) in [5.74, 6) is 0.179. The molecule has 0 atom stereocenters. The van der Waals surface area contributed by atoms with Crippen LogP contribution >= 0.6 is 0 Å². The summed E-state index contributed by atoms with van der Waals surface area (Å²) in [6, 6.07) is 6.68. The molecule has 1 aromatic carbocycles. The Balaban J connectivity index is 2.00. The number of hydrogen-bond acceptors (Lipinski definition) is 5. The Hall–Kier alpha value is -1.60. The van der Waals surface area contributed by atoms with Gasteiger partial charge in [0.2, 0.25) is 5.91 Å². The number of nitrogens with one attached hydrogen (secondary N) is 1. The van der Waals surface area contributed by atoms with Gasteiger partial charge >= 0.3 is 0 Å². The van der Waals surface area contributed by atoms with Crippen LogP contribution in [0.4, 0.5) is 5.69 Å². The van der Waals surface area contributed by atoms with Gasteiger partial charge in [0.05, 0.1) is 17.2 Å². The van der Waals surface area contributed by atoms with Gasteiger partial charge in [0, 0.05) is 38.9 Å². The summed E-state index contributed by atoms with van der Waals surface area (Å²) < 4.78 is 23.6. The van der Waals surface area contributed by atoms with Gasteiger partial charge in [0.15, 0.2) is 9.84 Å². The van der Waals surface area contributed by atoms with E-state index in [-0.39, 0.29) is 11.7 Å². The molecule has 0 aromatic heterocycles. The van der Waals surface area contributed by atoms with E-state index in [2.05, 4.69) is 5.32 Å². The molecule has 1 aliphatic rings. The number of nitrogens with zero attached hydrogens (tertiary/aromatic N) is 2. The van der Waals surface area contributed by atoms with E-state index in [0.717, 1.165) is 31.9 Å². The Bertz CT molecular complexity index is 607. The number of carbonyl (C=O) groups is 1. The number of benzene rings is 1. The summed E-state index contributed by atoms with van der Waals surface area (Å²) >= 11 is 0. The number of rotatable bonds is 5. The van der Waals surface area contributed by atoms with E-state index in [1.165, 1.54) is 0 Å². The maximum absolute atomic E-state index is 12.2. The van der Waals surface area contributed by atoms with Crippen molar-refractivity contribution in [2.45, 2.75) is 11.8 Å². The van der Waals surface area contributed by atoms with Crippen LogP contribution in [0.1, 0.15) is 6.92 Å². The van der Waals surface area contributed by atoms with E-state index >= 15 is 0 Å². The fraction of sp³-hybridized carbons (Fsp3) is 0.533. The summed E-state index contributed by atoms with van der Waals surface area (Å²) in [6.45, 7) is 5.06.